The zero-order chi connectivity index (χ0) is 29.5. The number of hydrogen-bond acceptors (Lipinski definition) is 7. The molecule has 3 heterocycles. The summed E-state index contributed by atoms with van der Waals surface area (Å²) in [7, 11) is 0. The normalized spacial score (nSPS) is 15.3. The standard InChI is InChI=1S/C34H32FN5O3/c35-28-18-24(22-6-7-22)17-23-10-11-40(34(42)33(23)28)30-3-1-2-26(27(30)20-41)29-19-31(36)38-32(37-29)16-21-4-8-25(9-5-21)39-12-14-43-15-13-39/h1-5,8-11,17-19,22,41H,6-7,12-16,20H2,(H2,36,37,38). The molecule has 1 aliphatic heterocycles. The summed E-state index contributed by atoms with van der Waals surface area (Å²) in [6.45, 7) is 2.84. The number of anilines is 2. The molecule has 218 valence electrons. The fourth-order valence-electron chi connectivity index (χ4n) is 5.96. The van der Waals surface area contributed by atoms with Crippen LogP contribution < -0.4 is 16.2 Å². The molecule has 2 fully saturated rings. The Morgan fingerprint density at radius 2 is 1.79 bits per heavy atom. The fraction of sp³-hybridized carbons (Fsp3) is 0.265. The lowest BCUT2D eigenvalue weighted by molar-refractivity contribution is 0.122. The van der Waals surface area contributed by atoms with Gasteiger partial charge >= 0.3 is 0 Å². The van der Waals surface area contributed by atoms with E-state index in [1.165, 1.54) is 10.6 Å². The summed E-state index contributed by atoms with van der Waals surface area (Å²) in [5, 5.41) is 11.1. The molecule has 2 aliphatic rings. The number of ether oxygens (including phenoxy) is 1. The van der Waals surface area contributed by atoms with Crippen LogP contribution in [0.2, 0.25) is 0 Å². The van der Waals surface area contributed by atoms with Crippen molar-refractivity contribution in [3.05, 3.63) is 112 Å². The monoisotopic (exact) mass is 577 g/mol. The van der Waals surface area contributed by atoms with Crippen LogP contribution in [0.25, 0.3) is 27.7 Å². The van der Waals surface area contributed by atoms with Gasteiger partial charge in [-0.15, -0.1) is 0 Å². The molecule has 0 atom stereocenters. The number of rotatable bonds is 7. The molecule has 5 aromatic rings. The average Bonchev–Trinajstić information content (AvgIpc) is 3.87. The third kappa shape index (κ3) is 5.37. The lowest BCUT2D eigenvalue weighted by Gasteiger charge is -2.28. The topological polar surface area (TPSA) is 106 Å². The Kier molecular flexibility index (Phi) is 7.12. The Bertz CT molecular complexity index is 1880. The Morgan fingerprint density at radius 1 is 1.00 bits per heavy atom. The maximum absolute atomic E-state index is 15.2. The van der Waals surface area contributed by atoms with Crippen molar-refractivity contribution in [3.8, 4) is 16.9 Å². The van der Waals surface area contributed by atoms with Crippen molar-refractivity contribution in [2.45, 2.75) is 31.8 Å². The third-order valence-corrected chi connectivity index (χ3v) is 8.34. The highest BCUT2D eigenvalue weighted by Gasteiger charge is 2.25. The van der Waals surface area contributed by atoms with Gasteiger partial charge in [0.05, 0.1) is 36.6 Å². The zero-order valence-electron chi connectivity index (χ0n) is 23.7. The molecule has 1 aliphatic carbocycles. The van der Waals surface area contributed by atoms with Crippen LogP contribution in [0.15, 0.2) is 77.7 Å². The van der Waals surface area contributed by atoms with E-state index in [0.717, 1.165) is 56.0 Å². The van der Waals surface area contributed by atoms with E-state index in [2.05, 4.69) is 34.1 Å². The minimum atomic E-state index is -0.522. The minimum Gasteiger partial charge on any atom is -0.392 e. The first-order chi connectivity index (χ1) is 21.0. The molecule has 1 saturated heterocycles. The van der Waals surface area contributed by atoms with Gasteiger partial charge in [0.1, 0.15) is 17.5 Å². The van der Waals surface area contributed by atoms with Gasteiger partial charge in [-0.05, 0) is 65.6 Å². The number of nitrogen functional groups attached to an aromatic ring is 1. The predicted molar refractivity (Wildman–Crippen MR) is 165 cm³/mol. The number of nitrogens with zero attached hydrogens (tertiary/aromatic N) is 4. The van der Waals surface area contributed by atoms with Crippen molar-refractivity contribution in [2.75, 3.05) is 36.9 Å². The highest BCUT2D eigenvalue weighted by molar-refractivity contribution is 5.83. The maximum atomic E-state index is 15.2. The van der Waals surface area contributed by atoms with Gasteiger partial charge in [-0.25, -0.2) is 14.4 Å². The molecule has 0 spiro atoms. The highest BCUT2D eigenvalue weighted by Crippen LogP contribution is 2.41. The molecule has 3 aromatic carbocycles. The van der Waals surface area contributed by atoms with Gasteiger partial charge in [0.15, 0.2) is 0 Å². The van der Waals surface area contributed by atoms with Gasteiger partial charge in [0.25, 0.3) is 5.56 Å². The van der Waals surface area contributed by atoms with Gasteiger partial charge in [-0.1, -0.05) is 30.3 Å². The van der Waals surface area contributed by atoms with E-state index in [1.807, 2.05) is 12.1 Å². The van der Waals surface area contributed by atoms with Crippen molar-refractivity contribution >= 4 is 22.3 Å². The molecule has 0 amide bonds. The fourth-order valence-corrected chi connectivity index (χ4v) is 5.96. The molecule has 1 saturated carbocycles. The van der Waals surface area contributed by atoms with Crippen molar-refractivity contribution in [3.63, 3.8) is 0 Å². The van der Waals surface area contributed by atoms with E-state index >= 15 is 4.39 Å². The summed E-state index contributed by atoms with van der Waals surface area (Å²) in [6, 6.07) is 20.5. The molecule has 3 N–H and O–H groups in total. The quantitative estimate of drug-likeness (QED) is 0.281. The summed E-state index contributed by atoms with van der Waals surface area (Å²) < 4.78 is 22.0. The van der Waals surface area contributed by atoms with Crippen LogP contribution in [0.4, 0.5) is 15.9 Å². The van der Waals surface area contributed by atoms with Crippen LogP contribution in [0.5, 0.6) is 0 Å². The number of aromatic nitrogens is 3. The zero-order valence-corrected chi connectivity index (χ0v) is 23.7. The number of aliphatic hydroxyl groups excluding tert-OH is 1. The largest absolute Gasteiger partial charge is 0.392 e. The van der Waals surface area contributed by atoms with Crippen LogP contribution in [-0.2, 0) is 17.8 Å². The van der Waals surface area contributed by atoms with E-state index in [0.29, 0.717) is 51.9 Å². The van der Waals surface area contributed by atoms with E-state index in [9.17, 15) is 9.90 Å². The maximum Gasteiger partial charge on any atom is 0.265 e. The molecule has 9 heteroatoms. The molecule has 43 heavy (non-hydrogen) atoms. The SMILES string of the molecule is Nc1cc(-c2cccc(-n3ccc4cc(C5CC5)cc(F)c4c3=O)c2CO)nc(Cc2ccc(N3CCOCC3)cc2)n1. The summed E-state index contributed by atoms with van der Waals surface area (Å²) in [4.78, 5) is 25.1. The molecule has 0 unspecified atom stereocenters. The Balaban J connectivity index is 1.22. The molecule has 0 bridgehead atoms. The number of benzene rings is 3. The van der Waals surface area contributed by atoms with Crippen LogP contribution in [0, 0.1) is 5.82 Å². The van der Waals surface area contributed by atoms with Gasteiger partial charge in [0, 0.05) is 48.6 Å². The van der Waals surface area contributed by atoms with Crippen LogP contribution >= 0.6 is 0 Å². The minimum absolute atomic E-state index is 0.0365. The Morgan fingerprint density at radius 3 is 2.53 bits per heavy atom. The Hall–Kier alpha value is -4.60. The van der Waals surface area contributed by atoms with E-state index in [1.54, 1.807) is 30.5 Å². The molecule has 8 nitrogen and oxygen atoms in total. The highest BCUT2D eigenvalue weighted by atomic mass is 19.1. The lowest BCUT2D eigenvalue weighted by Crippen LogP contribution is -2.36. The van der Waals surface area contributed by atoms with Crippen LogP contribution in [-0.4, -0.2) is 45.9 Å². The molecular formula is C34H32FN5O3. The Labute approximate surface area is 248 Å². The van der Waals surface area contributed by atoms with Crippen molar-refractivity contribution < 1.29 is 14.2 Å². The number of fused-ring (bicyclic) bond motifs is 1. The summed E-state index contributed by atoms with van der Waals surface area (Å²) in [6.07, 6.45) is 4.21. The van der Waals surface area contributed by atoms with Crippen LogP contribution in [0.3, 0.4) is 0 Å². The number of pyridine rings is 1. The second-order valence-corrected chi connectivity index (χ2v) is 11.2. The lowest BCUT2D eigenvalue weighted by atomic mass is 10.0. The second-order valence-electron chi connectivity index (χ2n) is 11.2. The number of hydrogen-bond donors (Lipinski definition) is 2. The van der Waals surface area contributed by atoms with Gasteiger partial charge < -0.3 is 20.5 Å². The van der Waals surface area contributed by atoms with Crippen molar-refractivity contribution in [2.24, 2.45) is 0 Å². The number of halogens is 1. The van der Waals surface area contributed by atoms with Gasteiger partial charge in [-0.3, -0.25) is 9.36 Å². The van der Waals surface area contributed by atoms with E-state index < -0.39 is 11.4 Å². The first-order valence-electron chi connectivity index (χ1n) is 14.6. The van der Waals surface area contributed by atoms with Crippen molar-refractivity contribution in [1.82, 2.24) is 14.5 Å². The number of aliphatic hydroxyl groups is 1. The third-order valence-electron chi connectivity index (χ3n) is 8.34. The summed E-state index contributed by atoms with van der Waals surface area (Å²) in [5.74, 6) is 0.695. The first-order valence-corrected chi connectivity index (χ1v) is 14.6. The second kappa shape index (κ2) is 11.2. The van der Waals surface area contributed by atoms with Gasteiger partial charge in [-0.2, -0.15) is 0 Å². The van der Waals surface area contributed by atoms with Crippen LogP contribution in [0.1, 0.15) is 41.3 Å². The summed E-state index contributed by atoms with van der Waals surface area (Å²) >= 11 is 0. The molecule has 7 rings (SSSR count). The first kappa shape index (κ1) is 27.2. The molecular weight excluding hydrogens is 545 g/mol. The average molecular weight is 578 g/mol. The molecule has 2 aromatic heterocycles. The number of morpholine rings is 1. The van der Waals surface area contributed by atoms with E-state index in [4.69, 9.17) is 15.5 Å². The summed E-state index contributed by atoms with van der Waals surface area (Å²) in [5.41, 5.74) is 11.0. The van der Waals surface area contributed by atoms with E-state index in [-0.39, 0.29) is 12.0 Å². The van der Waals surface area contributed by atoms with Gasteiger partial charge in [0.2, 0.25) is 0 Å². The number of nitrogens with two attached hydrogens (primary N) is 1. The smallest absolute Gasteiger partial charge is 0.265 e. The predicted octanol–water partition coefficient (Wildman–Crippen LogP) is 4.97. The van der Waals surface area contributed by atoms with Crippen molar-refractivity contribution in [1.29, 1.82) is 0 Å². The molecule has 0 radical (unpaired) electrons.